The first-order valence-corrected chi connectivity index (χ1v) is 8.32. The molecule has 0 aliphatic rings. The monoisotopic (exact) mass is 338 g/mol. The zero-order valence-electron chi connectivity index (χ0n) is 12.8. The van der Waals surface area contributed by atoms with Crippen LogP contribution >= 0.6 is 0 Å². The Morgan fingerprint density at radius 2 is 2.00 bits per heavy atom. The molecule has 23 heavy (non-hydrogen) atoms. The van der Waals surface area contributed by atoms with Crippen LogP contribution in [0.2, 0.25) is 0 Å². The number of rotatable bonds is 6. The second kappa shape index (κ2) is 6.90. The average molecular weight is 338 g/mol. The van der Waals surface area contributed by atoms with Gasteiger partial charge in [-0.2, -0.15) is 0 Å². The molecule has 9 heteroatoms. The van der Waals surface area contributed by atoms with Gasteiger partial charge in [-0.1, -0.05) is 5.16 Å². The van der Waals surface area contributed by atoms with E-state index >= 15 is 0 Å². The third-order valence-electron chi connectivity index (χ3n) is 2.99. The van der Waals surface area contributed by atoms with Gasteiger partial charge in [0.05, 0.1) is 17.1 Å². The van der Waals surface area contributed by atoms with Crippen LogP contribution in [0.5, 0.6) is 0 Å². The lowest BCUT2D eigenvalue weighted by Gasteiger charge is -2.14. The number of carbonyl (C=O) groups excluding carboxylic acids is 1. The summed E-state index contributed by atoms with van der Waals surface area (Å²) in [6, 6.07) is 7.46. The molecular formula is C14H18N4O4S. The molecule has 0 saturated heterocycles. The Hall–Kier alpha value is -2.23. The molecule has 124 valence electrons. The van der Waals surface area contributed by atoms with Gasteiger partial charge in [-0.15, -0.1) is 0 Å². The first kappa shape index (κ1) is 17.1. The minimum absolute atomic E-state index is 0.00554. The molecule has 1 heterocycles. The smallest absolute Gasteiger partial charge is 0.238 e. The third-order valence-corrected chi connectivity index (χ3v) is 3.92. The molecule has 3 N–H and O–H groups in total. The molecular weight excluding hydrogens is 320 g/mol. The zero-order chi connectivity index (χ0) is 17.0. The van der Waals surface area contributed by atoms with Crippen LogP contribution in [0.15, 0.2) is 39.8 Å². The number of nitrogens with zero attached hydrogens (tertiary/aromatic N) is 2. The standard InChI is InChI=1S/C14H18N4O4S/c1-10-7-12(17-22-10)8-18(2)9-14(19)16-11-3-5-13(6-4-11)23(15,20)21/h3-7H,8-9H2,1-2H3,(H,16,19)(H2,15,20,21). The molecule has 1 aromatic heterocycles. The second-order valence-corrected chi connectivity index (χ2v) is 6.78. The fraction of sp³-hybridized carbons (Fsp3) is 0.286. The normalized spacial score (nSPS) is 11.7. The van der Waals surface area contributed by atoms with Gasteiger partial charge in [0.2, 0.25) is 15.9 Å². The van der Waals surface area contributed by atoms with E-state index in [4.69, 9.17) is 9.66 Å². The van der Waals surface area contributed by atoms with Gasteiger partial charge in [-0.3, -0.25) is 9.69 Å². The van der Waals surface area contributed by atoms with Crippen LogP contribution in [0.4, 0.5) is 5.69 Å². The molecule has 0 fully saturated rings. The van der Waals surface area contributed by atoms with Crippen molar-refractivity contribution in [3.63, 3.8) is 0 Å². The largest absolute Gasteiger partial charge is 0.361 e. The molecule has 0 aliphatic heterocycles. The number of nitrogens with one attached hydrogen (secondary N) is 1. The summed E-state index contributed by atoms with van der Waals surface area (Å²) in [6.07, 6.45) is 0. The summed E-state index contributed by atoms with van der Waals surface area (Å²) >= 11 is 0. The van der Waals surface area contributed by atoms with Gasteiger partial charge in [0.15, 0.2) is 0 Å². The SMILES string of the molecule is Cc1cc(CN(C)CC(=O)Nc2ccc(S(N)(=O)=O)cc2)no1. The zero-order valence-corrected chi connectivity index (χ0v) is 13.6. The van der Waals surface area contributed by atoms with E-state index in [2.05, 4.69) is 10.5 Å². The molecule has 2 aromatic rings. The van der Waals surface area contributed by atoms with E-state index < -0.39 is 10.0 Å². The summed E-state index contributed by atoms with van der Waals surface area (Å²) in [4.78, 5) is 13.7. The van der Waals surface area contributed by atoms with Crippen molar-refractivity contribution in [1.29, 1.82) is 0 Å². The fourth-order valence-corrected chi connectivity index (χ4v) is 2.51. The summed E-state index contributed by atoms with van der Waals surface area (Å²) in [5.74, 6) is 0.490. The van der Waals surface area contributed by atoms with Crippen molar-refractivity contribution < 1.29 is 17.7 Å². The highest BCUT2D eigenvalue weighted by molar-refractivity contribution is 7.89. The maximum absolute atomic E-state index is 12.0. The quantitative estimate of drug-likeness (QED) is 0.800. The first-order valence-electron chi connectivity index (χ1n) is 6.77. The van der Waals surface area contributed by atoms with Gasteiger partial charge in [0.1, 0.15) is 5.76 Å². The number of carbonyl (C=O) groups is 1. The number of nitrogens with two attached hydrogens (primary N) is 1. The average Bonchev–Trinajstić information content (AvgIpc) is 2.83. The Labute approximate surface area is 134 Å². The van der Waals surface area contributed by atoms with E-state index in [9.17, 15) is 13.2 Å². The number of anilines is 1. The summed E-state index contributed by atoms with van der Waals surface area (Å²) in [6.45, 7) is 2.44. The van der Waals surface area contributed by atoms with Gasteiger partial charge in [-0.25, -0.2) is 13.6 Å². The Morgan fingerprint density at radius 1 is 1.35 bits per heavy atom. The minimum Gasteiger partial charge on any atom is -0.361 e. The van der Waals surface area contributed by atoms with E-state index in [1.54, 1.807) is 24.9 Å². The van der Waals surface area contributed by atoms with E-state index in [-0.39, 0.29) is 17.3 Å². The van der Waals surface area contributed by atoms with Crippen LogP contribution < -0.4 is 10.5 Å². The summed E-state index contributed by atoms with van der Waals surface area (Å²) in [5, 5.41) is 11.6. The second-order valence-electron chi connectivity index (χ2n) is 5.22. The van der Waals surface area contributed by atoms with Gasteiger partial charge in [0.25, 0.3) is 0 Å². The summed E-state index contributed by atoms with van der Waals surface area (Å²) < 4.78 is 27.3. The van der Waals surface area contributed by atoms with Crippen molar-refractivity contribution in [2.24, 2.45) is 5.14 Å². The van der Waals surface area contributed by atoms with Gasteiger partial charge >= 0.3 is 0 Å². The van der Waals surface area contributed by atoms with Gasteiger partial charge in [-0.05, 0) is 38.2 Å². The highest BCUT2D eigenvalue weighted by Gasteiger charge is 2.11. The Morgan fingerprint density at radius 3 is 2.52 bits per heavy atom. The molecule has 8 nitrogen and oxygen atoms in total. The predicted molar refractivity (Wildman–Crippen MR) is 84.0 cm³/mol. The van der Waals surface area contributed by atoms with Gasteiger partial charge in [0, 0.05) is 18.3 Å². The third kappa shape index (κ3) is 5.16. The number of hydrogen-bond donors (Lipinski definition) is 2. The Kier molecular flexibility index (Phi) is 5.14. The molecule has 0 unspecified atom stereocenters. The lowest BCUT2D eigenvalue weighted by atomic mass is 10.3. The van der Waals surface area contributed by atoms with Crippen LogP contribution in [0.25, 0.3) is 0 Å². The van der Waals surface area contributed by atoms with E-state index in [0.717, 1.165) is 5.69 Å². The molecule has 0 atom stereocenters. The van der Waals surface area contributed by atoms with Crippen molar-refractivity contribution in [3.05, 3.63) is 41.8 Å². The van der Waals surface area contributed by atoms with Crippen molar-refractivity contribution in [3.8, 4) is 0 Å². The van der Waals surface area contributed by atoms with Crippen LogP contribution in [-0.2, 0) is 21.4 Å². The van der Waals surface area contributed by atoms with E-state index in [1.807, 2.05) is 0 Å². The number of primary sulfonamides is 1. The lowest BCUT2D eigenvalue weighted by molar-refractivity contribution is -0.117. The molecule has 2 rings (SSSR count). The summed E-state index contributed by atoms with van der Waals surface area (Å²) in [5.41, 5.74) is 1.24. The molecule has 0 aliphatic carbocycles. The first-order chi connectivity index (χ1) is 10.7. The molecule has 1 amide bonds. The number of amides is 1. The maximum Gasteiger partial charge on any atom is 0.238 e. The molecule has 0 bridgehead atoms. The van der Waals surface area contributed by atoms with Crippen LogP contribution in [0, 0.1) is 6.92 Å². The fourth-order valence-electron chi connectivity index (χ4n) is 2.00. The molecule has 0 saturated carbocycles. The van der Waals surface area contributed by atoms with Crippen LogP contribution in [-0.4, -0.2) is 38.0 Å². The predicted octanol–water partition coefficient (Wildman–Crippen LogP) is 0.701. The van der Waals surface area contributed by atoms with E-state index in [1.165, 1.54) is 24.3 Å². The Balaban J connectivity index is 1.89. The summed E-state index contributed by atoms with van der Waals surface area (Å²) in [7, 11) is -1.95. The van der Waals surface area contributed by atoms with Crippen LogP contribution in [0.1, 0.15) is 11.5 Å². The number of hydrogen-bond acceptors (Lipinski definition) is 6. The topological polar surface area (TPSA) is 119 Å². The van der Waals surface area contributed by atoms with Gasteiger partial charge < -0.3 is 9.84 Å². The van der Waals surface area contributed by atoms with Crippen molar-refractivity contribution in [2.75, 3.05) is 18.9 Å². The highest BCUT2D eigenvalue weighted by Crippen LogP contribution is 2.12. The lowest BCUT2D eigenvalue weighted by Crippen LogP contribution is -2.29. The number of likely N-dealkylation sites (N-methyl/N-ethyl adjacent to an activating group) is 1. The molecule has 0 spiro atoms. The maximum atomic E-state index is 12.0. The van der Waals surface area contributed by atoms with Crippen molar-refractivity contribution in [1.82, 2.24) is 10.1 Å². The molecule has 0 radical (unpaired) electrons. The van der Waals surface area contributed by atoms with Crippen molar-refractivity contribution in [2.45, 2.75) is 18.4 Å². The van der Waals surface area contributed by atoms with Crippen molar-refractivity contribution >= 4 is 21.6 Å². The highest BCUT2D eigenvalue weighted by atomic mass is 32.2. The number of benzene rings is 1. The Bertz CT molecular complexity index is 783. The number of sulfonamides is 1. The molecule has 1 aromatic carbocycles. The minimum atomic E-state index is -3.74. The van der Waals surface area contributed by atoms with E-state index in [0.29, 0.717) is 18.0 Å². The number of aryl methyl sites for hydroxylation is 1. The van der Waals surface area contributed by atoms with Crippen LogP contribution in [0.3, 0.4) is 0 Å². The number of aromatic nitrogens is 1.